The Hall–Kier alpha value is -1.31. The molecule has 1 amide bonds. The molecule has 0 aliphatic carbocycles. The van der Waals surface area contributed by atoms with Gasteiger partial charge in [-0.25, -0.2) is 0 Å². The first-order valence-corrected chi connectivity index (χ1v) is 6.95. The molecular formula is C16H25NO. The molecule has 0 spiro atoms. The molecule has 2 heteroatoms. The lowest BCUT2D eigenvalue weighted by molar-refractivity contribution is -0.129. The van der Waals surface area contributed by atoms with Gasteiger partial charge in [0.2, 0.25) is 5.91 Å². The standard InChI is InChI=1S/C14H19NO.C2H6/c1-10(2)13-5-4-12-6-7-15(11(3)16)9-14(12)8-13;1-2/h4-5,8,10H,6-7,9H2,1-3H3;1-2H3. The number of hydrogen-bond donors (Lipinski definition) is 0. The molecule has 0 fully saturated rings. The Morgan fingerprint density at radius 3 is 2.44 bits per heavy atom. The van der Waals surface area contributed by atoms with Gasteiger partial charge in [-0.1, -0.05) is 45.9 Å². The summed E-state index contributed by atoms with van der Waals surface area (Å²) in [6, 6.07) is 6.70. The summed E-state index contributed by atoms with van der Waals surface area (Å²) < 4.78 is 0. The van der Waals surface area contributed by atoms with Crippen LogP contribution in [0.15, 0.2) is 18.2 Å². The Bertz CT molecular complexity index is 410. The van der Waals surface area contributed by atoms with E-state index >= 15 is 0 Å². The maximum atomic E-state index is 11.4. The third kappa shape index (κ3) is 3.34. The van der Waals surface area contributed by atoms with Crippen molar-refractivity contribution in [2.75, 3.05) is 6.54 Å². The predicted octanol–water partition coefficient (Wildman–Crippen LogP) is 3.74. The quantitative estimate of drug-likeness (QED) is 0.740. The van der Waals surface area contributed by atoms with Crippen LogP contribution in [0.2, 0.25) is 0 Å². The molecule has 2 nitrogen and oxygen atoms in total. The van der Waals surface area contributed by atoms with Crippen LogP contribution in [0.3, 0.4) is 0 Å². The van der Waals surface area contributed by atoms with E-state index in [1.165, 1.54) is 16.7 Å². The van der Waals surface area contributed by atoms with Crippen molar-refractivity contribution in [3.63, 3.8) is 0 Å². The maximum absolute atomic E-state index is 11.4. The summed E-state index contributed by atoms with van der Waals surface area (Å²) in [6.07, 6.45) is 0.993. The van der Waals surface area contributed by atoms with Crippen molar-refractivity contribution in [1.82, 2.24) is 4.90 Å². The van der Waals surface area contributed by atoms with Crippen molar-refractivity contribution in [1.29, 1.82) is 0 Å². The van der Waals surface area contributed by atoms with Crippen molar-refractivity contribution < 1.29 is 4.79 Å². The smallest absolute Gasteiger partial charge is 0.219 e. The van der Waals surface area contributed by atoms with Gasteiger partial charge in [-0.2, -0.15) is 0 Å². The van der Waals surface area contributed by atoms with Gasteiger partial charge in [0.15, 0.2) is 0 Å². The molecule has 1 aliphatic rings. The zero-order valence-corrected chi connectivity index (χ0v) is 12.3. The summed E-state index contributed by atoms with van der Waals surface area (Å²) in [6.45, 7) is 11.7. The van der Waals surface area contributed by atoms with E-state index in [-0.39, 0.29) is 5.91 Å². The zero-order valence-electron chi connectivity index (χ0n) is 12.3. The fraction of sp³-hybridized carbons (Fsp3) is 0.562. The van der Waals surface area contributed by atoms with E-state index in [0.717, 1.165) is 19.5 Å². The summed E-state index contributed by atoms with van der Waals surface area (Å²) in [5.41, 5.74) is 4.10. The second-order valence-electron chi connectivity index (χ2n) is 4.87. The Kier molecular flexibility index (Phi) is 5.39. The van der Waals surface area contributed by atoms with Crippen LogP contribution >= 0.6 is 0 Å². The highest BCUT2D eigenvalue weighted by Gasteiger charge is 2.18. The van der Waals surface area contributed by atoms with E-state index < -0.39 is 0 Å². The topological polar surface area (TPSA) is 20.3 Å². The van der Waals surface area contributed by atoms with Crippen molar-refractivity contribution in [2.24, 2.45) is 0 Å². The molecule has 100 valence electrons. The van der Waals surface area contributed by atoms with Crippen LogP contribution in [0, 0.1) is 0 Å². The lowest BCUT2D eigenvalue weighted by atomic mass is 9.93. The third-order valence-corrected chi connectivity index (χ3v) is 3.35. The fourth-order valence-electron chi connectivity index (χ4n) is 2.20. The van der Waals surface area contributed by atoms with E-state index in [4.69, 9.17) is 0 Å². The number of nitrogens with zero attached hydrogens (tertiary/aromatic N) is 1. The molecule has 0 aromatic heterocycles. The molecule has 1 heterocycles. The first kappa shape index (κ1) is 14.7. The Balaban J connectivity index is 0.000000771. The Labute approximate surface area is 111 Å². The van der Waals surface area contributed by atoms with Crippen LogP contribution in [-0.2, 0) is 17.8 Å². The number of hydrogen-bond acceptors (Lipinski definition) is 1. The highest BCUT2D eigenvalue weighted by molar-refractivity contribution is 5.73. The van der Waals surface area contributed by atoms with E-state index in [9.17, 15) is 4.79 Å². The minimum Gasteiger partial charge on any atom is -0.338 e. The van der Waals surface area contributed by atoms with Gasteiger partial charge in [-0.15, -0.1) is 0 Å². The number of carbonyl (C=O) groups excluding carboxylic acids is 1. The van der Waals surface area contributed by atoms with Crippen molar-refractivity contribution in [3.8, 4) is 0 Å². The predicted molar refractivity (Wildman–Crippen MR) is 76.7 cm³/mol. The third-order valence-electron chi connectivity index (χ3n) is 3.35. The number of amides is 1. The van der Waals surface area contributed by atoms with Gasteiger partial charge in [0, 0.05) is 20.0 Å². The van der Waals surface area contributed by atoms with Crippen LogP contribution in [0.25, 0.3) is 0 Å². The fourth-order valence-corrected chi connectivity index (χ4v) is 2.20. The molecule has 2 rings (SSSR count). The van der Waals surface area contributed by atoms with Crippen LogP contribution in [0.5, 0.6) is 0 Å². The largest absolute Gasteiger partial charge is 0.338 e. The molecule has 0 bridgehead atoms. The second kappa shape index (κ2) is 6.58. The van der Waals surface area contributed by atoms with Crippen LogP contribution in [0.4, 0.5) is 0 Å². The average Bonchev–Trinajstić information content (AvgIpc) is 2.39. The van der Waals surface area contributed by atoms with Crippen LogP contribution < -0.4 is 0 Å². The molecule has 1 aromatic rings. The Morgan fingerprint density at radius 2 is 1.89 bits per heavy atom. The number of rotatable bonds is 1. The molecular weight excluding hydrogens is 222 g/mol. The molecule has 0 unspecified atom stereocenters. The summed E-state index contributed by atoms with van der Waals surface area (Å²) in [5, 5.41) is 0. The monoisotopic (exact) mass is 247 g/mol. The van der Waals surface area contributed by atoms with Gasteiger partial charge < -0.3 is 4.90 Å². The van der Waals surface area contributed by atoms with Crippen molar-refractivity contribution in [3.05, 3.63) is 34.9 Å². The summed E-state index contributed by atoms with van der Waals surface area (Å²) in [5.74, 6) is 0.735. The minimum atomic E-state index is 0.181. The lowest BCUT2D eigenvalue weighted by Gasteiger charge is -2.28. The number of fused-ring (bicyclic) bond motifs is 1. The van der Waals surface area contributed by atoms with Crippen molar-refractivity contribution in [2.45, 2.75) is 53.5 Å². The lowest BCUT2D eigenvalue weighted by Crippen LogP contribution is -2.34. The van der Waals surface area contributed by atoms with Gasteiger partial charge in [0.25, 0.3) is 0 Å². The highest BCUT2D eigenvalue weighted by atomic mass is 16.2. The first-order valence-electron chi connectivity index (χ1n) is 6.95. The number of benzene rings is 1. The van der Waals surface area contributed by atoms with E-state index in [0.29, 0.717) is 5.92 Å². The molecule has 1 aromatic carbocycles. The van der Waals surface area contributed by atoms with Gasteiger partial charge >= 0.3 is 0 Å². The van der Waals surface area contributed by atoms with E-state index in [1.807, 2.05) is 18.7 Å². The molecule has 0 saturated carbocycles. The maximum Gasteiger partial charge on any atom is 0.219 e. The Morgan fingerprint density at radius 1 is 1.22 bits per heavy atom. The van der Waals surface area contributed by atoms with Crippen molar-refractivity contribution >= 4 is 5.91 Å². The van der Waals surface area contributed by atoms with E-state index in [2.05, 4.69) is 32.0 Å². The normalized spacial score (nSPS) is 13.8. The first-order chi connectivity index (χ1) is 8.58. The summed E-state index contributed by atoms with van der Waals surface area (Å²) in [7, 11) is 0. The van der Waals surface area contributed by atoms with Gasteiger partial charge in [-0.05, 0) is 29.0 Å². The summed E-state index contributed by atoms with van der Waals surface area (Å²) >= 11 is 0. The molecule has 1 aliphatic heterocycles. The molecule has 0 N–H and O–H groups in total. The molecule has 0 atom stereocenters. The SMILES string of the molecule is CC.CC(=O)N1CCc2ccc(C(C)C)cc2C1. The van der Waals surface area contributed by atoms with E-state index in [1.54, 1.807) is 6.92 Å². The molecule has 0 saturated heterocycles. The number of carbonyl (C=O) groups is 1. The molecule has 18 heavy (non-hydrogen) atoms. The summed E-state index contributed by atoms with van der Waals surface area (Å²) in [4.78, 5) is 13.3. The van der Waals surface area contributed by atoms with Gasteiger partial charge in [0.05, 0.1) is 0 Å². The van der Waals surface area contributed by atoms with Gasteiger partial charge in [0.1, 0.15) is 0 Å². The minimum absolute atomic E-state index is 0.181. The van der Waals surface area contributed by atoms with Crippen LogP contribution in [0.1, 0.15) is 57.2 Å². The van der Waals surface area contributed by atoms with Gasteiger partial charge in [-0.3, -0.25) is 4.79 Å². The zero-order chi connectivity index (χ0) is 13.7. The highest BCUT2D eigenvalue weighted by Crippen LogP contribution is 2.23. The molecule has 0 radical (unpaired) electrons. The second-order valence-corrected chi connectivity index (χ2v) is 4.87. The average molecular weight is 247 g/mol. The van der Waals surface area contributed by atoms with Crippen LogP contribution in [-0.4, -0.2) is 17.4 Å².